The van der Waals surface area contributed by atoms with E-state index in [9.17, 15) is 9.59 Å². The number of carbonyl (C=O) groups is 2. The van der Waals surface area contributed by atoms with Crippen molar-refractivity contribution >= 4 is 12.9 Å². The lowest BCUT2D eigenvalue weighted by atomic mass is 10.1. The van der Waals surface area contributed by atoms with Gasteiger partial charge in [0, 0.05) is 0 Å². The number of rotatable bonds is 11. The molecule has 0 saturated heterocycles. The Bertz CT molecular complexity index is 120. The maximum atomic E-state index is 9.78. The van der Waals surface area contributed by atoms with Crippen LogP contribution >= 0.6 is 0 Å². The molecule has 0 radical (unpaired) electrons. The Hall–Kier alpha value is -1.06. The predicted molar refractivity (Wildman–Crippen MR) is 51.7 cm³/mol. The van der Waals surface area contributed by atoms with E-state index in [1.807, 2.05) is 0 Å². The van der Waals surface area contributed by atoms with E-state index in [4.69, 9.17) is 0 Å². The highest BCUT2D eigenvalue weighted by molar-refractivity contribution is 5.36. The van der Waals surface area contributed by atoms with Crippen molar-refractivity contribution in [3.8, 4) is 0 Å². The van der Waals surface area contributed by atoms with E-state index in [0.717, 1.165) is 38.5 Å². The zero-order valence-electron chi connectivity index (χ0n) is 8.44. The van der Waals surface area contributed by atoms with Crippen molar-refractivity contribution in [3.05, 3.63) is 0 Å². The Balaban J connectivity index is 2.84. The molecule has 0 aliphatic heterocycles. The first-order valence-corrected chi connectivity index (χ1v) is 5.02. The topological polar surface area (TPSA) is 52.6 Å². The molecule has 0 heterocycles. The summed E-state index contributed by atoms with van der Waals surface area (Å²) in [6, 6.07) is 0. The van der Waals surface area contributed by atoms with Gasteiger partial charge in [-0.15, -0.1) is 0 Å². The van der Waals surface area contributed by atoms with Gasteiger partial charge in [0.15, 0.2) is 0 Å². The van der Waals surface area contributed by atoms with E-state index >= 15 is 0 Å². The lowest BCUT2D eigenvalue weighted by Crippen LogP contribution is -1.93. The van der Waals surface area contributed by atoms with Crippen molar-refractivity contribution < 1.29 is 19.1 Å². The zero-order valence-corrected chi connectivity index (χ0v) is 8.44. The molecule has 0 aliphatic carbocycles. The van der Waals surface area contributed by atoms with Crippen molar-refractivity contribution in [3.63, 3.8) is 0 Å². The normalized spacial score (nSPS) is 9.43. The fourth-order valence-corrected chi connectivity index (χ4v) is 1.17. The fraction of sp³-hybridized carbons (Fsp3) is 0.800. The van der Waals surface area contributed by atoms with Crippen molar-refractivity contribution in [2.45, 2.75) is 38.5 Å². The average Bonchev–Trinajstić information content (AvgIpc) is 2.21. The fourth-order valence-electron chi connectivity index (χ4n) is 1.17. The minimum atomic E-state index is 0.483. The number of ether oxygens (including phenoxy) is 2. The van der Waals surface area contributed by atoms with Gasteiger partial charge in [0.1, 0.15) is 0 Å². The van der Waals surface area contributed by atoms with Gasteiger partial charge in [0.2, 0.25) is 0 Å². The van der Waals surface area contributed by atoms with Crippen LogP contribution in [0.3, 0.4) is 0 Å². The standard InChI is InChI=1S/C10H18O4/c11-9-13-7-5-3-1-2-4-6-8-14-10-12/h9-10H,1-8H2. The zero-order chi connectivity index (χ0) is 10.5. The third kappa shape index (κ3) is 10.9. The highest BCUT2D eigenvalue weighted by Gasteiger charge is 1.91. The van der Waals surface area contributed by atoms with Crippen LogP contribution in [-0.4, -0.2) is 26.2 Å². The molecule has 0 N–H and O–H groups in total. The van der Waals surface area contributed by atoms with Crippen LogP contribution in [0.4, 0.5) is 0 Å². The van der Waals surface area contributed by atoms with E-state index in [0.29, 0.717) is 26.2 Å². The molecule has 0 spiro atoms. The first-order valence-electron chi connectivity index (χ1n) is 5.02. The average molecular weight is 202 g/mol. The summed E-state index contributed by atoms with van der Waals surface area (Å²) in [6.07, 6.45) is 6.32. The van der Waals surface area contributed by atoms with E-state index in [2.05, 4.69) is 9.47 Å². The molecule has 0 aromatic rings. The molecule has 0 aliphatic rings. The quantitative estimate of drug-likeness (QED) is 0.378. The molecule has 0 aromatic heterocycles. The summed E-state index contributed by atoms with van der Waals surface area (Å²) in [5.41, 5.74) is 0. The number of hydrogen-bond donors (Lipinski definition) is 0. The second-order valence-electron chi connectivity index (χ2n) is 3.06. The van der Waals surface area contributed by atoms with Gasteiger partial charge in [-0.3, -0.25) is 9.59 Å². The van der Waals surface area contributed by atoms with Gasteiger partial charge in [0.25, 0.3) is 12.9 Å². The molecule has 0 atom stereocenters. The molecule has 4 nitrogen and oxygen atoms in total. The lowest BCUT2D eigenvalue weighted by molar-refractivity contribution is -0.129. The van der Waals surface area contributed by atoms with Crippen LogP contribution in [0.5, 0.6) is 0 Å². The van der Waals surface area contributed by atoms with Gasteiger partial charge in [0.05, 0.1) is 13.2 Å². The summed E-state index contributed by atoms with van der Waals surface area (Å²) >= 11 is 0. The van der Waals surface area contributed by atoms with Crippen LogP contribution in [0.15, 0.2) is 0 Å². The molecule has 0 unspecified atom stereocenters. The molecule has 0 amide bonds. The number of carbonyl (C=O) groups excluding carboxylic acids is 2. The second kappa shape index (κ2) is 11.9. The Morgan fingerprint density at radius 3 is 1.36 bits per heavy atom. The first-order chi connectivity index (χ1) is 6.91. The maximum Gasteiger partial charge on any atom is 0.293 e. The molecular formula is C10H18O4. The first kappa shape index (κ1) is 12.9. The monoisotopic (exact) mass is 202 g/mol. The smallest absolute Gasteiger partial charge is 0.293 e. The molecule has 0 fully saturated rings. The van der Waals surface area contributed by atoms with E-state index in [-0.39, 0.29) is 0 Å². The van der Waals surface area contributed by atoms with Gasteiger partial charge in [-0.2, -0.15) is 0 Å². The van der Waals surface area contributed by atoms with E-state index in [1.54, 1.807) is 0 Å². The molecule has 14 heavy (non-hydrogen) atoms. The Morgan fingerprint density at radius 2 is 1.00 bits per heavy atom. The van der Waals surface area contributed by atoms with Crippen LogP contribution in [-0.2, 0) is 19.1 Å². The summed E-state index contributed by atoms with van der Waals surface area (Å²) in [5.74, 6) is 0. The van der Waals surface area contributed by atoms with Crippen molar-refractivity contribution in [2.75, 3.05) is 13.2 Å². The summed E-state index contributed by atoms with van der Waals surface area (Å²) in [7, 11) is 0. The van der Waals surface area contributed by atoms with Crippen molar-refractivity contribution in [2.24, 2.45) is 0 Å². The summed E-state index contributed by atoms with van der Waals surface area (Å²) in [6.45, 7) is 2.02. The van der Waals surface area contributed by atoms with Crippen LogP contribution in [0.25, 0.3) is 0 Å². The molecule has 0 aromatic carbocycles. The van der Waals surface area contributed by atoms with Gasteiger partial charge < -0.3 is 9.47 Å². The molecule has 4 heteroatoms. The van der Waals surface area contributed by atoms with Gasteiger partial charge in [-0.1, -0.05) is 25.7 Å². The summed E-state index contributed by atoms with van der Waals surface area (Å²) in [5, 5.41) is 0. The minimum absolute atomic E-state index is 0.483. The van der Waals surface area contributed by atoms with Crippen LogP contribution in [0, 0.1) is 0 Å². The predicted octanol–water partition coefficient (Wildman–Crippen LogP) is 1.67. The molecule has 0 rings (SSSR count). The minimum Gasteiger partial charge on any atom is -0.468 e. The van der Waals surface area contributed by atoms with Crippen LogP contribution in [0.1, 0.15) is 38.5 Å². The van der Waals surface area contributed by atoms with Crippen LogP contribution in [0.2, 0.25) is 0 Å². The van der Waals surface area contributed by atoms with Crippen molar-refractivity contribution in [1.82, 2.24) is 0 Å². The van der Waals surface area contributed by atoms with Gasteiger partial charge >= 0.3 is 0 Å². The highest BCUT2D eigenvalue weighted by atomic mass is 16.5. The lowest BCUT2D eigenvalue weighted by Gasteiger charge is -2.00. The highest BCUT2D eigenvalue weighted by Crippen LogP contribution is 2.05. The Labute approximate surface area is 84.6 Å². The summed E-state index contributed by atoms with van der Waals surface area (Å²) in [4.78, 5) is 19.6. The summed E-state index contributed by atoms with van der Waals surface area (Å²) < 4.78 is 9.11. The Kier molecular flexibility index (Phi) is 11.0. The Morgan fingerprint density at radius 1 is 0.643 bits per heavy atom. The number of hydrogen-bond acceptors (Lipinski definition) is 4. The van der Waals surface area contributed by atoms with E-state index < -0.39 is 0 Å². The third-order valence-electron chi connectivity index (χ3n) is 1.91. The molecule has 82 valence electrons. The molecular weight excluding hydrogens is 184 g/mol. The molecule has 0 bridgehead atoms. The van der Waals surface area contributed by atoms with E-state index in [1.165, 1.54) is 0 Å². The van der Waals surface area contributed by atoms with Gasteiger partial charge in [-0.05, 0) is 12.8 Å². The number of unbranched alkanes of at least 4 members (excludes halogenated alkanes) is 5. The maximum absolute atomic E-state index is 9.78. The van der Waals surface area contributed by atoms with Gasteiger partial charge in [-0.25, -0.2) is 0 Å². The SMILES string of the molecule is O=COCCCCCCCCOC=O. The third-order valence-corrected chi connectivity index (χ3v) is 1.91. The van der Waals surface area contributed by atoms with Crippen LogP contribution < -0.4 is 0 Å². The second-order valence-corrected chi connectivity index (χ2v) is 3.06. The largest absolute Gasteiger partial charge is 0.468 e. The molecule has 0 saturated carbocycles. The van der Waals surface area contributed by atoms with Crippen molar-refractivity contribution in [1.29, 1.82) is 0 Å².